The van der Waals surface area contributed by atoms with E-state index >= 15 is 0 Å². The van der Waals surface area contributed by atoms with E-state index in [-0.39, 0.29) is 5.97 Å². The highest BCUT2D eigenvalue weighted by Crippen LogP contribution is 2.29. The van der Waals surface area contributed by atoms with Crippen molar-refractivity contribution in [1.29, 1.82) is 0 Å². The predicted molar refractivity (Wildman–Crippen MR) is 83.8 cm³/mol. The number of esters is 1. The third-order valence-electron chi connectivity index (χ3n) is 3.89. The number of carbonyl (C=O) groups excluding carboxylic acids is 1. The van der Waals surface area contributed by atoms with Gasteiger partial charge in [0.1, 0.15) is 6.04 Å². The fourth-order valence-corrected chi connectivity index (χ4v) is 3.01. The van der Waals surface area contributed by atoms with E-state index in [0.29, 0.717) is 36.2 Å². The Morgan fingerprint density at radius 3 is 3.04 bits per heavy atom. The molecule has 2 aromatic rings. The van der Waals surface area contributed by atoms with Crippen molar-refractivity contribution >= 4 is 17.6 Å². The van der Waals surface area contributed by atoms with E-state index in [4.69, 9.17) is 20.8 Å². The lowest BCUT2D eigenvalue weighted by molar-refractivity contribution is -0.146. The summed E-state index contributed by atoms with van der Waals surface area (Å²) >= 11 is 6.15. The van der Waals surface area contributed by atoms with Gasteiger partial charge in [0.15, 0.2) is 5.76 Å². The number of β-amino-alcohol motifs (C(OH)–C–C–N with tert-alkyl or cyclic N) is 1. The third kappa shape index (κ3) is 3.39. The SMILES string of the molecule is COC(=O)C1CC(O)CN1Cc1ncc(-c2ccccc2Cl)o1. The smallest absolute Gasteiger partial charge is 0.323 e. The number of aliphatic hydroxyl groups is 1. The van der Waals surface area contributed by atoms with Gasteiger partial charge in [-0.25, -0.2) is 4.98 Å². The van der Waals surface area contributed by atoms with Gasteiger partial charge in [-0.15, -0.1) is 0 Å². The first kappa shape index (κ1) is 16.0. The zero-order valence-corrected chi connectivity index (χ0v) is 13.4. The van der Waals surface area contributed by atoms with Crippen LogP contribution >= 0.6 is 11.6 Å². The number of methoxy groups -OCH3 is 1. The molecule has 1 saturated heterocycles. The molecule has 2 atom stereocenters. The van der Waals surface area contributed by atoms with E-state index < -0.39 is 12.1 Å². The Bertz CT molecular complexity index is 703. The van der Waals surface area contributed by atoms with Crippen LogP contribution in [0.3, 0.4) is 0 Å². The van der Waals surface area contributed by atoms with E-state index in [1.165, 1.54) is 7.11 Å². The first-order valence-corrected chi connectivity index (χ1v) is 7.66. The molecule has 1 N–H and O–H groups in total. The Balaban J connectivity index is 1.76. The van der Waals surface area contributed by atoms with Gasteiger partial charge in [0.2, 0.25) is 5.89 Å². The number of nitrogens with zero attached hydrogens (tertiary/aromatic N) is 2. The minimum Gasteiger partial charge on any atom is -0.468 e. The highest BCUT2D eigenvalue weighted by Gasteiger charge is 2.37. The van der Waals surface area contributed by atoms with Crippen LogP contribution in [-0.4, -0.2) is 46.8 Å². The molecule has 0 aliphatic carbocycles. The number of aromatic nitrogens is 1. The fraction of sp³-hybridized carbons (Fsp3) is 0.375. The molecule has 0 spiro atoms. The molecule has 0 amide bonds. The first-order chi connectivity index (χ1) is 11.1. The zero-order valence-electron chi connectivity index (χ0n) is 12.6. The number of benzene rings is 1. The number of aliphatic hydroxyl groups excluding tert-OH is 1. The van der Waals surface area contributed by atoms with E-state index in [1.807, 2.05) is 18.2 Å². The van der Waals surface area contributed by atoms with Crippen LogP contribution in [0, 0.1) is 0 Å². The van der Waals surface area contributed by atoms with Crippen LogP contribution in [0.4, 0.5) is 0 Å². The molecule has 3 rings (SSSR count). The molecular weight excluding hydrogens is 320 g/mol. The largest absolute Gasteiger partial charge is 0.468 e. The third-order valence-corrected chi connectivity index (χ3v) is 4.22. The lowest BCUT2D eigenvalue weighted by atomic mass is 10.2. The number of ether oxygens (including phenoxy) is 1. The Hall–Kier alpha value is -1.89. The van der Waals surface area contributed by atoms with Crippen LogP contribution in [0.1, 0.15) is 12.3 Å². The van der Waals surface area contributed by atoms with Gasteiger partial charge < -0.3 is 14.3 Å². The molecule has 0 saturated carbocycles. The topological polar surface area (TPSA) is 75.8 Å². The number of likely N-dealkylation sites (tertiary alicyclic amines) is 1. The molecule has 23 heavy (non-hydrogen) atoms. The van der Waals surface area contributed by atoms with E-state index in [9.17, 15) is 9.90 Å². The number of rotatable bonds is 4. The molecular formula is C16H17ClN2O4. The van der Waals surface area contributed by atoms with Gasteiger partial charge in [-0.05, 0) is 12.1 Å². The molecule has 7 heteroatoms. The Labute approximate surface area is 138 Å². The average Bonchev–Trinajstić information content (AvgIpc) is 3.14. The number of hydrogen-bond acceptors (Lipinski definition) is 6. The van der Waals surface area contributed by atoms with Crippen molar-refractivity contribution in [2.24, 2.45) is 0 Å². The molecule has 1 aliphatic rings. The minimum absolute atomic E-state index is 0.321. The van der Waals surface area contributed by atoms with Crippen molar-refractivity contribution < 1.29 is 19.1 Å². The molecule has 1 aromatic carbocycles. The summed E-state index contributed by atoms with van der Waals surface area (Å²) < 4.78 is 10.5. The summed E-state index contributed by atoms with van der Waals surface area (Å²) in [6, 6.07) is 6.86. The summed E-state index contributed by atoms with van der Waals surface area (Å²) in [6.45, 7) is 0.699. The second kappa shape index (κ2) is 6.70. The summed E-state index contributed by atoms with van der Waals surface area (Å²) in [5.41, 5.74) is 0.763. The maximum atomic E-state index is 11.8. The van der Waals surface area contributed by atoms with E-state index in [1.54, 1.807) is 17.2 Å². The van der Waals surface area contributed by atoms with E-state index in [2.05, 4.69) is 4.98 Å². The molecule has 2 heterocycles. The number of halogens is 1. The van der Waals surface area contributed by atoms with Gasteiger partial charge in [0.25, 0.3) is 0 Å². The summed E-state index contributed by atoms with van der Waals surface area (Å²) in [5, 5.41) is 10.4. The first-order valence-electron chi connectivity index (χ1n) is 7.28. The van der Waals surface area contributed by atoms with Crippen molar-refractivity contribution in [1.82, 2.24) is 9.88 Å². The summed E-state index contributed by atoms with van der Waals surface area (Å²) in [4.78, 5) is 17.8. The van der Waals surface area contributed by atoms with Gasteiger partial charge in [0, 0.05) is 18.5 Å². The van der Waals surface area contributed by atoms with Gasteiger partial charge in [0.05, 0.1) is 31.0 Å². The Morgan fingerprint density at radius 1 is 1.52 bits per heavy atom. The normalized spacial score (nSPS) is 21.5. The zero-order chi connectivity index (χ0) is 16.4. The predicted octanol–water partition coefficient (Wildman–Crippen LogP) is 2.10. The molecule has 0 bridgehead atoms. The van der Waals surface area contributed by atoms with Gasteiger partial charge in [-0.3, -0.25) is 9.69 Å². The maximum Gasteiger partial charge on any atom is 0.323 e. The fourth-order valence-electron chi connectivity index (χ4n) is 2.78. The Kier molecular flexibility index (Phi) is 4.66. The van der Waals surface area contributed by atoms with Gasteiger partial charge >= 0.3 is 5.97 Å². The maximum absolute atomic E-state index is 11.8. The number of oxazole rings is 1. The highest BCUT2D eigenvalue weighted by atomic mass is 35.5. The van der Waals surface area contributed by atoms with Crippen molar-refractivity contribution in [3.8, 4) is 11.3 Å². The standard InChI is InChI=1S/C16H17ClN2O4/c1-22-16(21)13-6-10(20)8-19(13)9-15-18-7-14(23-15)11-4-2-3-5-12(11)17/h2-5,7,10,13,20H,6,8-9H2,1H3. The summed E-state index contributed by atoms with van der Waals surface area (Å²) in [7, 11) is 1.34. The van der Waals surface area contributed by atoms with Crippen molar-refractivity contribution in [2.75, 3.05) is 13.7 Å². The second-order valence-corrected chi connectivity index (χ2v) is 5.86. The second-order valence-electron chi connectivity index (χ2n) is 5.46. The number of carbonyl (C=O) groups is 1. The molecule has 6 nitrogen and oxygen atoms in total. The molecule has 2 unspecified atom stereocenters. The van der Waals surface area contributed by atoms with Crippen molar-refractivity contribution in [3.63, 3.8) is 0 Å². The molecule has 1 aliphatic heterocycles. The average molecular weight is 337 g/mol. The van der Waals surface area contributed by atoms with Gasteiger partial charge in [-0.2, -0.15) is 0 Å². The highest BCUT2D eigenvalue weighted by molar-refractivity contribution is 6.33. The molecule has 122 valence electrons. The van der Waals surface area contributed by atoms with Crippen molar-refractivity contribution in [3.05, 3.63) is 41.4 Å². The lowest BCUT2D eigenvalue weighted by Gasteiger charge is -2.19. The molecule has 0 radical (unpaired) electrons. The molecule has 1 aromatic heterocycles. The van der Waals surface area contributed by atoms with Gasteiger partial charge in [-0.1, -0.05) is 23.7 Å². The van der Waals surface area contributed by atoms with Crippen LogP contribution in [0.25, 0.3) is 11.3 Å². The van der Waals surface area contributed by atoms with Crippen LogP contribution in [-0.2, 0) is 16.1 Å². The number of hydrogen-bond donors (Lipinski definition) is 1. The summed E-state index contributed by atoms with van der Waals surface area (Å²) in [5.74, 6) is 0.669. The van der Waals surface area contributed by atoms with Crippen LogP contribution < -0.4 is 0 Å². The summed E-state index contributed by atoms with van der Waals surface area (Å²) in [6.07, 6.45) is 1.40. The quantitative estimate of drug-likeness (QED) is 0.862. The Morgan fingerprint density at radius 2 is 2.30 bits per heavy atom. The minimum atomic E-state index is -0.558. The van der Waals surface area contributed by atoms with Crippen LogP contribution in [0.15, 0.2) is 34.9 Å². The van der Waals surface area contributed by atoms with Crippen LogP contribution in [0.5, 0.6) is 0 Å². The lowest BCUT2D eigenvalue weighted by Crippen LogP contribution is -2.36. The van der Waals surface area contributed by atoms with E-state index in [0.717, 1.165) is 5.56 Å². The van der Waals surface area contributed by atoms with Crippen LogP contribution in [0.2, 0.25) is 5.02 Å². The van der Waals surface area contributed by atoms with Crippen molar-refractivity contribution in [2.45, 2.75) is 25.1 Å². The monoisotopic (exact) mass is 336 g/mol. The molecule has 1 fully saturated rings.